The topological polar surface area (TPSA) is 65.4 Å². The van der Waals surface area contributed by atoms with Crippen LogP contribution in [-0.2, 0) is 9.53 Å². The molecule has 19 heavy (non-hydrogen) atoms. The van der Waals surface area contributed by atoms with E-state index in [9.17, 15) is 4.79 Å². The van der Waals surface area contributed by atoms with Crippen molar-refractivity contribution in [2.24, 2.45) is 5.41 Å². The molecule has 0 spiro atoms. The molecule has 1 N–H and O–H groups in total. The van der Waals surface area contributed by atoms with Gasteiger partial charge in [-0.3, -0.25) is 9.69 Å². The Bertz CT molecular complexity index is 371. The van der Waals surface area contributed by atoms with Crippen molar-refractivity contribution in [3.05, 3.63) is 0 Å². The van der Waals surface area contributed by atoms with Gasteiger partial charge in [-0.1, -0.05) is 0 Å². The normalized spacial score (nSPS) is 25.9. The molecule has 106 valence electrons. The quantitative estimate of drug-likeness (QED) is 0.802. The first-order valence-electron chi connectivity index (χ1n) is 7.05. The Labute approximate surface area is 114 Å². The Balaban J connectivity index is 1.96. The third kappa shape index (κ3) is 3.68. The molecule has 0 aromatic carbocycles. The Morgan fingerprint density at radius 2 is 2.32 bits per heavy atom. The van der Waals surface area contributed by atoms with Gasteiger partial charge in [0.05, 0.1) is 19.3 Å². The van der Waals surface area contributed by atoms with Crippen molar-refractivity contribution >= 4 is 5.91 Å². The van der Waals surface area contributed by atoms with E-state index >= 15 is 0 Å². The summed E-state index contributed by atoms with van der Waals surface area (Å²) in [5, 5.41) is 11.8. The van der Waals surface area contributed by atoms with Gasteiger partial charge in [0.25, 0.3) is 0 Å². The van der Waals surface area contributed by atoms with E-state index in [0.717, 1.165) is 25.9 Å². The molecule has 1 heterocycles. The van der Waals surface area contributed by atoms with Crippen LogP contribution >= 0.6 is 0 Å². The largest absolute Gasteiger partial charge is 0.378 e. The molecule has 0 aromatic rings. The van der Waals surface area contributed by atoms with E-state index in [2.05, 4.69) is 16.3 Å². The minimum Gasteiger partial charge on any atom is -0.378 e. The molecule has 1 unspecified atom stereocenters. The molecule has 1 aliphatic heterocycles. The zero-order valence-corrected chi connectivity index (χ0v) is 11.8. The van der Waals surface area contributed by atoms with E-state index in [0.29, 0.717) is 19.6 Å². The molecule has 2 aliphatic rings. The van der Waals surface area contributed by atoms with Crippen molar-refractivity contribution in [1.82, 2.24) is 10.2 Å². The Hall–Kier alpha value is -1.12. The van der Waals surface area contributed by atoms with Gasteiger partial charge in [-0.25, -0.2) is 0 Å². The first-order valence-corrected chi connectivity index (χ1v) is 7.05. The third-order valence-electron chi connectivity index (χ3n) is 3.92. The summed E-state index contributed by atoms with van der Waals surface area (Å²) in [4.78, 5) is 14.4. The second-order valence-electron chi connectivity index (χ2n) is 6.06. The molecule has 0 radical (unpaired) electrons. The average Bonchev–Trinajstić information content (AvgIpc) is 3.09. The number of carbonyl (C=O) groups excluding carboxylic acids is 1. The number of amides is 1. The lowest BCUT2D eigenvalue weighted by atomic mass is 10.0. The van der Waals surface area contributed by atoms with Gasteiger partial charge in [0, 0.05) is 25.6 Å². The average molecular weight is 265 g/mol. The Morgan fingerprint density at radius 3 is 2.89 bits per heavy atom. The van der Waals surface area contributed by atoms with Crippen LogP contribution in [0.4, 0.5) is 0 Å². The number of nitriles is 1. The van der Waals surface area contributed by atoms with Crippen LogP contribution in [0.2, 0.25) is 0 Å². The van der Waals surface area contributed by atoms with Crippen LogP contribution in [0.1, 0.15) is 33.1 Å². The number of rotatable bonds is 5. The lowest BCUT2D eigenvalue weighted by Gasteiger charge is -2.36. The van der Waals surface area contributed by atoms with Crippen molar-refractivity contribution in [2.75, 3.05) is 26.3 Å². The second-order valence-corrected chi connectivity index (χ2v) is 6.06. The predicted molar refractivity (Wildman–Crippen MR) is 71.4 cm³/mol. The van der Waals surface area contributed by atoms with Gasteiger partial charge in [-0.2, -0.15) is 5.26 Å². The van der Waals surface area contributed by atoms with E-state index in [1.165, 1.54) is 0 Å². The monoisotopic (exact) mass is 265 g/mol. The van der Waals surface area contributed by atoms with Crippen LogP contribution in [0.5, 0.6) is 0 Å². The van der Waals surface area contributed by atoms with E-state index in [-0.39, 0.29) is 23.4 Å². The highest BCUT2D eigenvalue weighted by Gasteiger charge is 2.46. The number of nitrogens with zero attached hydrogens (tertiary/aromatic N) is 2. The SMILES string of the molecule is CC(C)NC(=O)C1COCCN1CC1(CC#N)CC1. The van der Waals surface area contributed by atoms with Crippen molar-refractivity contribution in [1.29, 1.82) is 5.26 Å². The third-order valence-corrected chi connectivity index (χ3v) is 3.92. The highest BCUT2D eigenvalue weighted by atomic mass is 16.5. The second kappa shape index (κ2) is 5.89. The molecule has 0 bridgehead atoms. The van der Waals surface area contributed by atoms with Gasteiger partial charge in [-0.05, 0) is 32.1 Å². The van der Waals surface area contributed by atoms with Crippen molar-refractivity contribution in [2.45, 2.75) is 45.2 Å². The molecule has 1 saturated heterocycles. The first-order chi connectivity index (χ1) is 9.06. The number of hydrogen-bond donors (Lipinski definition) is 1. The maximum absolute atomic E-state index is 12.2. The number of hydrogen-bond acceptors (Lipinski definition) is 4. The van der Waals surface area contributed by atoms with E-state index in [1.54, 1.807) is 0 Å². The summed E-state index contributed by atoms with van der Waals surface area (Å²) >= 11 is 0. The molecule has 5 nitrogen and oxygen atoms in total. The fraction of sp³-hybridized carbons (Fsp3) is 0.857. The van der Waals surface area contributed by atoms with Gasteiger partial charge in [-0.15, -0.1) is 0 Å². The maximum Gasteiger partial charge on any atom is 0.239 e. The molecule has 0 aromatic heterocycles. The van der Waals surface area contributed by atoms with Crippen molar-refractivity contribution < 1.29 is 9.53 Å². The summed E-state index contributed by atoms with van der Waals surface area (Å²) in [6.45, 7) is 6.69. The van der Waals surface area contributed by atoms with Gasteiger partial charge in [0.15, 0.2) is 0 Å². The Kier molecular flexibility index (Phi) is 4.43. The summed E-state index contributed by atoms with van der Waals surface area (Å²) in [7, 11) is 0. The molecule has 2 rings (SSSR count). The minimum atomic E-state index is -0.202. The molecular weight excluding hydrogens is 242 g/mol. The number of carbonyl (C=O) groups is 1. The maximum atomic E-state index is 12.2. The standard InChI is InChI=1S/C14H23N3O2/c1-11(2)16-13(18)12-9-19-8-7-17(12)10-14(3-4-14)5-6-15/h11-12H,3-5,7-10H2,1-2H3,(H,16,18). The smallest absolute Gasteiger partial charge is 0.239 e. The minimum absolute atomic E-state index is 0.0439. The highest BCUT2D eigenvalue weighted by Crippen LogP contribution is 2.49. The van der Waals surface area contributed by atoms with Gasteiger partial charge in [0.1, 0.15) is 6.04 Å². The Morgan fingerprint density at radius 1 is 1.58 bits per heavy atom. The zero-order chi connectivity index (χ0) is 13.9. The fourth-order valence-corrected chi connectivity index (χ4v) is 2.62. The van der Waals surface area contributed by atoms with Crippen LogP contribution < -0.4 is 5.32 Å². The molecule has 1 saturated carbocycles. The number of morpholine rings is 1. The number of ether oxygens (including phenoxy) is 1. The van der Waals surface area contributed by atoms with Crippen LogP contribution in [0.25, 0.3) is 0 Å². The van der Waals surface area contributed by atoms with E-state index in [4.69, 9.17) is 10.00 Å². The van der Waals surface area contributed by atoms with Gasteiger partial charge in [0.2, 0.25) is 5.91 Å². The lowest BCUT2D eigenvalue weighted by Crippen LogP contribution is -2.56. The molecule has 2 fully saturated rings. The summed E-state index contributed by atoms with van der Waals surface area (Å²) < 4.78 is 5.44. The van der Waals surface area contributed by atoms with Crippen LogP contribution in [-0.4, -0.2) is 49.2 Å². The zero-order valence-electron chi connectivity index (χ0n) is 11.8. The molecule has 1 amide bonds. The van der Waals surface area contributed by atoms with Crippen LogP contribution in [0.15, 0.2) is 0 Å². The lowest BCUT2D eigenvalue weighted by molar-refractivity contribution is -0.133. The van der Waals surface area contributed by atoms with Crippen molar-refractivity contribution in [3.8, 4) is 6.07 Å². The summed E-state index contributed by atoms with van der Waals surface area (Å²) in [5.41, 5.74) is 0.141. The molecule has 5 heteroatoms. The summed E-state index contributed by atoms with van der Waals surface area (Å²) in [6, 6.07) is 2.22. The predicted octanol–water partition coefficient (Wildman–Crippen LogP) is 0.906. The molecule has 1 aliphatic carbocycles. The van der Waals surface area contributed by atoms with Gasteiger partial charge >= 0.3 is 0 Å². The van der Waals surface area contributed by atoms with Gasteiger partial charge < -0.3 is 10.1 Å². The number of nitrogens with one attached hydrogen (secondary N) is 1. The molecular formula is C14H23N3O2. The van der Waals surface area contributed by atoms with E-state index < -0.39 is 0 Å². The van der Waals surface area contributed by atoms with Crippen LogP contribution in [0.3, 0.4) is 0 Å². The highest BCUT2D eigenvalue weighted by molar-refractivity contribution is 5.82. The first kappa shape index (κ1) is 14.3. The van der Waals surface area contributed by atoms with Crippen LogP contribution in [0, 0.1) is 16.7 Å². The van der Waals surface area contributed by atoms with E-state index in [1.807, 2.05) is 13.8 Å². The molecule has 1 atom stereocenters. The summed E-state index contributed by atoms with van der Waals surface area (Å²) in [5.74, 6) is 0.0439. The van der Waals surface area contributed by atoms with Crippen molar-refractivity contribution in [3.63, 3.8) is 0 Å². The fourth-order valence-electron chi connectivity index (χ4n) is 2.62. The summed E-state index contributed by atoms with van der Waals surface area (Å²) in [6.07, 6.45) is 2.82.